The number of carbonyl (C=O) groups excluding carboxylic acids is 1. The summed E-state index contributed by atoms with van der Waals surface area (Å²) in [7, 11) is -3.72. The molecule has 0 atom stereocenters. The fourth-order valence-electron chi connectivity index (χ4n) is 2.36. The summed E-state index contributed by atoms with van der Waals surface area (Å²) in [4.78, 5) is 15.1. The van der Waals surface area contributed by atoms with Gasteiger partial charge in [0, 0.05) is 5.69 Å². The minimum atomic E-state index is -3.72. The Hall–Kier alpha value is -2.97. The fourth-order valence-corrected chi connectivity index (χ4v) is 3.83. The highest BCUT2D eigenvalue weighted by Crippen LogP contribution is 2.15. The van der Waals surface area contributed by atoms with Crippen LogP contribution in [0.2, 0.25) is 0 Å². The van der Waals surface area contributed by atoms with Gasteiger partial charge in [0.25, 0.3) is 15.9 Å². The molecule has 28 heavy (non-hydrogen) atoms. The number of thiophene rings is 1. The molecule has 6 nitrogen and oxygen atoms in total. The van der Waals surface area contributed by atoms with Crippen LogP contribution in [0.4, 0.5) is 5.69 Å². The monoisotopic (exact) mass is 413 g/mol. The standard InChI is InChI=1S/C20H19N3O3S2/c1-14-5-11-18(12-6-14)28(25,26)23-22-15(2)16-7-9-17(10-8-16)21-20(24)19-4-3-13-27-19/h3-13,23H,1-2H3,(H,21,24). The normalized spacial score (nSPS) is 11.9. The van der Waals surface area contributed by atoms with Crippen molar-refractivity contribution in [3.63, 3.8) is 0 Å². The van der Waals surface area contributed by atoms with Crippen molar-refractivity contribution in [3.8, 4) is 0 Å². The molecule has 1 aromatic heterocycles. The van der Waals surface area contributed by atoms with Gasteiger partial charge in [-0.15, -0.1) is 11.3 Å². The molecular formula is C20H19N3O3S2. The highest BCUT2D eigenvalue weighted by atomic mass is 32.2. The van der Waals surface area contributed by atoms with Crippen LogP contribution in [0.1, 0.15) is 27.7 Å². The van der Waals surface area contributed by atoms with E-state index in [9.17, 15) is 13.2 Å². The number of anilines is 1. The van der Waals surface area contributed by atoms with Crippen LogP contribution in [0.25, 0.3) is 0 Å². The van der Waals surface area contributed by atoms with Crippen molar-refractivity contribution in [2.24, 2.45) is 5.10 Å². The van der Waals surface area contributed by atoms with Crippen LogP contribution in [0.5, 0.6) is 0 Å². The Balaban J connectivity index is 1.67. The molecule has 1 heterocycles. The number of nitrogens with zero attached hydrogens (tertiary/aromatic N) is 1. The molecule has 0 aliphatic carbocycles. The zero-order chi connectivity index (χ0) is 20.1. The number of sulfonamides is 1. The first-order valence-electron chi connectivity index (χ1n) is 8.43. The van der Waals surface area contributed by atoms with E-state index in [2.05, 4.69) is 15.2 Å². The molecule has 0 spiro atoms. The van der Waals surface area contributed by atoms with Crippen molar-refractivity contribution in [2.45, 2.75) is 18.7 Å². The van der Waals surface area contributed by atoms with E-state index in [1.54, 1.807) is 49.4 Å². The third-order valence-corrected chi connectivity index (χ3v) is 6.06. The molecule has 0 saturated carbocycles. The zero-order valence-corrected chi connectivity index (χ0v) is 17.0. The lowest BCUT2D eigenvalue weighted by Gasteiger charge is -2.07. The summed E-state index contributed by atoms with van der Waals surface area (Å²) < 4.78 is 24.6. The number of aryl methyl sites for hydroxylation is 1. The smallest absolute Gasteiger partial charge is 0.276 e. The maximum Gasteiger partial charge on any atom is 0.276 e. The summed E-state index contributed by atoms with van der Waals surface area (Å²) >= 11 is 1.37. The molecule has 1 amide bonds. The number of nitrogens with one attached hydrogen (secondary N) is 2. The average Bonchev–Trinajstić information content (AvgIpc) is 3.22. The van der Waals surface area contributed by atoms with Crippen LogP contribution in [-0.2, 0) is 10.0 Å². The second-order valence-corrected chi connectivity index (χ2v) is 8.72. The number of benzene rings is 2. The molecule has 0 fully saturated rings. The summed E-state index contributed by atoms with van der Waals surface area (Å²) in [5.41, 5.74) is 2.87. The largest absolute Gasteiger partial charge is 0.321 e. The van der Waals surface area contributed by atoms with Gasteiger partial charge in [-0.3, -0.25) is 4.79 Å². The first-order chi connectivity index (χ1) is 13.3. The number of hydrogen-bond donors (Lipinski definition) is 2. The van der Waals surface area contributed by atoms with E-state index >= 15 is 0 Å². The van der Waals surface area contributed by atoms with Gasteiger partial charge >= 0.3 is 0 Å². The first kappa shape index (κ1) is 19.8. The summed E-state index contributed by atoms with van der Waals surface area (Å²) in [5.74, 6) is -0.168. The zero-order valence-electron chi connectivity index (χ0n) is 15.3. The molecule has 0 radical (unpaired) electrons. The maximum absolute atomic E-state index is 12.3. The number of hydrogen-bond acceptors (Lipinski definition) is 5. The van der Waals surface area contributed by atoms with E-state index in [-0.39, 0.29) is 10.8 Å². The number of carbonyl (C=O) groups is 1. The van der Waals surface area contributed by atoms with Crippen molar-refractivity contribution in [1.29, 1.82) is 0 Å². The Morgan fingerprint density at radius 2 is 1.68 bits per heavy atom. The Labute approximate surface area is 168 Å². The molecule has 0 aliphatic heterocycles. The Morgan fingerprint density at radius 1 is 1.00 bits per heavy atom. The highest BCUT2D eigenvalue weighted by Gasteiger charge is 2.13. The van der Waals surface area contributed by atoms with Gasteiger partial charge in [-0.1, -0.05) is 35.9 Å². The van der Waals surface area contributed by atoms with E-state index in [0.29, 0.717) is 16.3 Å². The molecule has 0 saturated heterocycles. The van der Waals surface area contributed by atoms with Crippen LogP contribution in [0, 0.1) is 6.92 Å². The minimum absolute atomic E-state index is 0.154. The van der Waals surface area contributed by atoms with Gasteiger partial charge in [-0.25, -0.2) is 0 Å². The molecule has 2 aromatic carbocycles. The molecule has 3 rings (SSSR count). The van der Waals surface area contributed by atoms with Crippen LogP contribution < -0.4 is 10.1 Å². The lowest BCUT2D eigenvalue weighted by molar-refractivity contribution is 0.103. The molecular weight excluding hydrogens is 394 g/mol. The van der Waals surface area contributed by atoms with Crippen LogP contribution in [0.3, 0.4) is 0 Å². The Morgan fingerprint density at radius 3 is 2.29 bits per heavy atom. The van der Waals surface area contributed by atoms with Crippen molar-refractivity contribution in [3.05, 3.63) is 82.0 Å². The highest BCUT2D eigenvalue weighted by molar-refractivity contribution is 7.89. The predicted octanol–water partition coefficient (Wildman–Crippen LogP) is 4.01. The first-order valence-corrected chi connectivity index (χ1v) is 10.8. The minimum Gasteiger partial charge on any atom is -0.321 e. The van der Waals surface area contributed by atoms with E-state index in [1.807, 2.05) is 18.4 Å². The summed E-state index contributed by atoms with van der Waals surface area (Å²) in [6.07, 6.45) is 0. The van der Waals surface area contributed by atoms with Crippen LogP contribution in [0.15, 0.2) is 76.0 Å². The van der Waals surface area contributed by atoms with Gasteiger partial charge in [0.15, 0.2) is 0 Å². The van der Waals surface area contributed by atoms with E-state index in [1.165, 1.54) is 23.5 Å². The summed E-state index contributed by atoms with van der Waals surface area (Å²) in [6, 6.07) is 17.1. The Bertz CT molecular complexity index is 1090. The quantitative estimate of drug-likeness (QED) is 0.473. The van der Waals surface area contributed by atoms with Crippen molar-refractivity contribution >= 4 is 38.7 Å². The van der Waals surface area contributed by atoms with Gasteiger partial charge in [0.05, 0.1) is 15.5 Å². The van der Waals surface area contributed by atoms with E-state index in [0.717, 1.165) is 11.1 Å². The van der Waals surface area contributed by atoms with Gasteiger partial charge in [0.2, 0.25) is 0 Å². The predicted molar refractivity (Wildman–Crippen MR) is 112 cm³/mol. The molecule has 2 N–H and O–H groups in total. The van der Waals surface area contributed by atoms with Gasteiger partial charge in [0.1, 0.15) is 0 Å². The maximum atomic E-state index is 12.3. The second kappa shape index (κ2) is 8.37. The molecule has 8 heteroatoms. The summed E-state index contributed by atoms with van der Waals surface area (Å²) in [5, 5.41) is 8.64. The third-order valence-electron chi connectivity index (χ3n) is 3.97. The van der Waals surface area contributed by atoms with Crippen molar-refractivity contribution in [1.82, 2.24) is 4.83 Å². The van der Waals surface area contributed by atoms with Gasteiger partial charge in [-0.2, -0.15) is 18.4 Å². The number of amides is 1. The summed E-state index contributed by atoms with van der Waals surface area (Å²) in [6.45, 7) is 3.59. The second-order valence-electron chi connectivity index (χ2n) is 6.11. The topological polar surface area (TPSA) is 87.6 Å². The third kappa shape index (κ3) is 4.85. The SMILES string of the molecule is CC(=NNS(=O)(=O)c1ccc(C)cc1)c1ccc(NC(=O)c2cccs2)cc1. The number of rotatable bonds is 6. The van der Waals surface area contributed by atoms with Crippen LogP contribution in [-0.4, -0.2) is 20.0 Å². The van der Waals surface area contributed by atoms with Crippen molar-refractivity contribution in [2.75, 3.05) is 5.32 Å². The van der Waals surface area contributed by atoms with Crippen molar-refractivity contribution < 1.29 is 13.2 Å². The van der Waals surface area contributed by atoms with Gasteiger partial charge in [-0.05, 0) is 55.1 Å². The molecule has 0 aliphatic rings. The fraction of sp³-hybridized carbons (Fsp3) is 0.100. The lowest BCUT2D eigenvalue weighted by Crippen LogP contribution is -2.20. The van der Waals surface area contributed by atoms with Crippen LogP contribution >= 0.6 is 11.3 Å². The average molecular weight is 414 g/mol. The molecule has 0 bridgehead atoms. The molecule has 0 unspecified atom stereocenters. The van der Waals surface area contributed by atoms with E-state index in [4.69, 9.17) is 0 Å². The lowest BCUT2D eigenvalue weighted by atomic mass is 10.1. The van der Waals surface area contributed by atoms with E-state index < -0.39 is 10.0 Å². The Kier molecular flexibility index (Phi) is 5.91. The molecule has 3 aromatic rings. The number of hydrazone groups is 1. The van der Waals surface area contributed by atoms with Gasteiger partial charge < -0.3 is 5.32 Å². The molecule has 144 valence electrons.